The molecule has 0 spiro atoms. The Balaban J connectivity index is 1.85. The topological polar surface area (TPSA) is 52.6 Å². The molecule has 0 heterocycles. The molecule has 0 bridgehead atoms. The molecule has 4 nitrogen and oxygen atoms in total. The van der Waals surface area contributed by atoms with Gasteiger partial charge in [0.15, 0.2) is 0 Å². The van der Waals surface area contributed by atoms with Gasteiger partial charge >= 0.3 is 5.97 Å². The maximum atomic E-state index is 11.6. The van der Waals surface area contributed by atoms with Crippen LogP contribution in [-0.2, 0) is 4.79 Å². The molecular formula is C16H30N2O2. The Labute approximate surface area is 122 Å². The number of carboxylic acids is 1. The first-order chi connectivity index (χ1) is 9.40. The Hall–Kier alpha value is -0.610. The molecule has 2 aliphatic rings. The van der Waals surface area contributed by atoms with E-state index >= 15 is 0 Å². The van der Waals surface area contributed by atoms with Crippen molar-refractivity contribution in [2.24, 2.45) is 5.92 Å². The normalized spacial score (nSPS) is 24.8. The van der Waals surface area contributed by atoms with Crippen LogP contribution in [0.1, 0.15) is 58.8 Å². The lowest BCUT2D eigenvalue weighted by atomic mass is 9.92. The molecule has 0 amide bonds. The van der Waals surface area contributed by atoms with Gasteiger partial charge < -0.3 is 10.0 Å². The second-order valence-electron chi connectivity index (χ2n) is 7.20. The van der Waals surface area contributed by atoms with E-state index in [1.165, 1.54) is 25.7 Å². The first-order valence-corrected chi connectivity index (χ1v) is 8.12. The van der Waals surface area contributed by atoms with E-state index in [1.54, 1.807) is 0 Å². The minimum absolute atomic E-state index is 0.294. The lowest BCUT2D eigenvalue weighted by Crippen LogP contribution is -2.54. The van der Waals surface area contributed by atoms with Crippen LogP contribution in [0.3, 0.4) is 0 Å². The van der Waals surface area contributed by atoms with Gasteiger partial charge in [-0.2, -0.15) is 0 Å². The van der Waals surface area contributed by atoms with Crippen LogP contribution in [0.2, 0.25) is 0 Å². The van der Waals surface area contributed by atoms with Crippen LogP contribution >= 0.6 is 0 Å². The Morgan fingerprint density at radius 3 is 2.45 bits per heavy atom. The molecule has 0 aromatic heterocycles. The number of rotatable bonds is 8. The molecule has 2 fully saturated rings. The smallest absolute Gasteiger partial charge is 0.323 e. The number of nitrogens with zero attached hydrogens (tertiary/aromatic N) is 1. The molecule has 0 aromatic carbocycles. The largest absolute Gasteiger partial charge is 0.480 e. The molecule has 4 heteroatoms. The molecule has 0 aromatic rings. The highest BCUT2D eigenvalue weighted by Crippen LogP contribution is 2.28. The van der Waals surface area contributed by atoms with Gasteiger partial charge in [0.25, 0.3) is 0 Å². The van der Waals surface area contributed by atoms with Gasteiger partial charge in [0.2, 0.25) is 0 Å². The minimum Gasteiger partial charge on any atom is -0.480 e. The summed E-state index contributed by atoms with van der Waals surface area (Å²) in [5, 5.41) is 12.9. The van der Waals surface area contributed by atoms with Crippen molar-refractivity contribution in [1.82, 2.24) is 10.2 Å². The molecule has 116 valence electrons. The summed E-state index contributed by atoms with van der Waals surface area (Å²) in [6.45, 7) is 5.11. The highest BCUT2D eigenvalue weighted by molar-refractivity contribution is 5.78. The van der Waals surface area contributed by atoms with Crippen molar-refractivity contribution < 1.29 is 9.90 Å². The number of aliphatic carboxylic acids is 1. The average Bonchev–Trinajstić information content (AvgIpc) is 3.02. The molecule has 2 atom stereocenters. The van der Waals surface area contributed by atoms with Gasteiger partial charge in [0.1, 0.15) is 5.54 Å². The van der Waals surface area contributed by atoms with E-state index in [0.717, 1.165) is 25.3 Å². The standard InChI is InChI=1S/C16H30N2O2/c1-12(18(3)11-13-6-4-5-7-13)10-16(2,15(19)20)17-14-8-9-14/h12-14,17H,4-11H2,1-3H3,(H,19,20). The Morgan fingerprint density at radius 2 is 1.95 bits per heavy atom. The van der Waals surface area contributed by atoms with Crippen molar-refractivity contribution in [3.8, 4) is 0 Å². The number of carboxylic acid groups (broad SMARTS) is 1. The van der Waals surface area contributed by atoms with E-state index < -0.39 is 11.5 Å². The lowest BCUT2D eigenvalue weighted by Gasteiger charge is -2.34. The summed E-state index contributed by atoms with van der Waals surface area (Å²) in [6.07, 6.45) is 8.32. The number of nitrogens with one attached hydrogen (secondary N) is 1. The number of carbonyl (C=O) groups is 1. The minimum atomic E-state index is -0.787. The van der Waals surface area contributed by atoms with Gasteiger partial charge in [-0.25, -0.2) is 0 Å². The van der Waals surface area contributed by atoms with Crippen LogP contribution in [0.25, 0.3) is 0 Å². The molecule has 2 N–H and O–H groups in total. The predicted octanol–water partition coefficient (Wildman–Crippen LogP) is 2.48. The highest BCUT2D eigenvalue weighted by Gasteiger charge is 2.40. The lowest BCUT2D eigenvalue weighted by molar-refractivity contribution is -0.145. The van der Waals surface area contributed by atoms with Gasteiger partial charge in [-0.15, -0.1) is 0 Å². The molecule has 2 aliphatic carbocycles. The number of hydrogen-bond donors (Lipinski definition) is 2. The summed E-state index contributed by atoms with van der Waals surface area (Å²) < 4.78 is 0. The summed E-state index contributed by atoms with van der Waals surface area (Å²) in [5.74, 6) is 0.0976. The van der Waals surface area contributed by atoms with Gasteiger partial charge in [0, 0.05) is 18.6 Å². The predicted molar refractivity (Wildman–Crippen MR) is 80.9 cm³/mol. The first-order valence-electron chi connectivity index (χ1n) is 8.12. The number of hydrogen-bond acceptors (Lipinski definition) is 3. The van der Waals surface area contributed by atoms with E-state index in [4.69, 9.17) is 0 Å². The maximum absolute atomic E-state index is 11.6. The first kappa shape index (κ1) is 15.8. The van der Waals surface area contributed by atoms with Crippen LogP contribution in [0, 0.1) is 5.92 Å². The molecule has 0 aliphatic heterocycles. The van der Waals surface area contributed by atoms with Crippen molar-refractivity contribution in [2.45, 2.75) is 76.4 Å². The molecule has 0 radical (unpaired) electrons. The summed E-state index contributed by atoms with van der Waals surface area (Å²) in [5.41, 5.74) is -0.787. The molecular weight excluding hydrogens is 252 g/mol. The van der Waals surface area contributed by atoms with E-state index in [1.807, 2.05) is 6.92 Å². The second-order valence-corrected chi connectivity index (χ2v) is 7.20. The van der Waals surface area contributed by atoms with Crippen LogP contribution in [0.15, 0.2) is 0 Å². The van der Waals surface area contributed by atoms with Gasteiger partial charge in [-0.3, -0.25) is 10.1 Å². The highest BCUT2D eigenvalue weighted by atomic mass is 16.4. The molecule has 2 unspecified atom stereocenters. The third-order valence-electron chi connectivity index (χ3n) is 5.05. The molecule has 2 rings (SSSR count). The summed E-state index contributed by atoms with van der Waals surface area (Å²) in [6, 6.07) is 0.714. The summed E-state index contributed by atoms with van der Waals surface area (Å²) in [4.78, 5) is 14.0. The zero-order chi connectivity index (χ0) is 14.8. The van der Waals surface area contributed by atoms with Crippen molar-refractivity contribution in [3.05, 3.63) is 0 Å². The van der Waals surface area contributed by atoms with E-state index in [0.29, 0.717) is 18.5 Å². The fourth-order valence-electron chi connectivity index (χ4n) is 3.41. The van der Waals surface area contributed by atoms with Crippen molar-refractivity contribution in [1.29, 1.82) is 0 Å². The van der Waals surface area contributed by atoms with Gasteiger partial charge in [-0.05, 0) is 58.9 Å². The Bertz CT molecular complexity index is 337. The maximum Gasteiger partial charge on any atom is 0.323 e. The third-order valence-corrected chi connectivity index (χ3v) is 5.05. The quantitative estimate of drug-likeness (QED) is 0.718. The van der Waals surface area contributed by atoms with Crippen LogP contribution in [0.5, 0.6) is 0 Å². The van der Waals surface area contributed by atoms with Crippen LogP contribution in [-0.4, -0.2) is 47.2 Å². The Kier molecular flexibility index (Phi) is 5.08. The average molecular weight is 282 g/mol. The van der Waals surface area contributed by atoms with Crippen LogP contribution < -0.4 is 5.32 Å². The van der Waals surface area contributed by atoms with E-state index in [-0.39, 0.29) is 0 Å². The van der Waals surface area contributed by atoms with Crippen molar-refractivity contribution in [2.75, 3.05) is 13.6 Å². The van der Waals surface area contributed by atoms with Gasteiger partial charge in [0.05, 0.1) is 0 Å². The Morgan fingerprint density at radius 1 is 1.35 bits per heavy atom. The SMILES string of the molecule is CC(CC(C)(NC1CC1)C(=O)O)N(C)CC1CCCC1. The fraction of sp³-hybridized carbons (Fsp3) is 0.938. The molecule has 0 saturated heterocycles. The van der Waals surface area contributed by atoms with E-state index in [2.05, 4.69) is 24.2 Å². The zero-order valence-corrected chi connectivity index (χ0v) is 13.2. The molecule has 2 saturated carbocycles. The summed E-state index contributed by atoms with van der Waals surface area (Å²) >= 11 is 0. The molecule has 20 heavy (non-hydrogen) atoms. The second kappa shape index (κ2) is 6.44. The monoisotopic (exact) mass is 282 g/mol. The fourth-order valence-corrected chi connectivity index (χ4v) is 3.41. The van der Waals surface area contributed by atoms with Crippen molar-refractivity contribution in [3.63, 3.8) is 0 Å². The third kappa shape index (κ3) is 4.19. The van der Waals surface area contributed by atoms with Crippen LogP contribution in [0.4, 0.5) is 0 Å². The zero-order valence-electron chi connectivity index (χ0n) is 13.2. The summed E-state index contributed by atoms with van der Waals surface area (Å²) in [7, 11) is 2.14. The van der Waals surface area contributed by atoms with Gasteiger partial charge in [-0.1, -0.05) is 12.8 Å². The van der Waals surface area contributed by atoms with Crippen molar-refractivity contribution >= 4 is 5.97 Å². The van der Waals surface area contributed by atoms with E-state index in [9.17, 15) is 9.90 Å².